The van der Waals surface area contributed by atoms with E-state index in [9.17, 15) is 29.1 Å². The van der Waals surface area contributed by atoms with Crippen LogP contribution in [0, 0.1) is 5.92 Å². The van der Waals surface area contributed by atoms with Crippen LogP contribution >= 0.6 is 0 Å². The van der Waals surface area contributed by atoms with Crippen LogP contribution in [-0.4, -0.2) is 128 Å². The van der Waals surface area contributed by atoms with E-state index in [0.717, 1.165) is 4.90 Å². The molecule has 0 fully saturated rings. The van der Waals surface area contributed by atoms with Gasteiger partial charge < -0.3 is 25.5 Å². The molecule has 0 rings (SSSR count). The second-order valence-electron chi connectivity index (χ2n) is 7.60. The second-order valence-corrected chi connectivity index (χ2v) is 7.60. The van der Waals surface area contributed by atoms with Gasteiger partial charge in [-0.05, 0) is 12.3 Å². The zero-order valence-corrected chi connectivity index (χ0v) is 17.6. The fourth-order valence-electron chi connectivity index (χ4n) is 3.15. The van der Waals surface area contributed by atoms with Gasteiger partial charge in [-0.2, -0.15) is 0 Å². The highest BCUT2D eigenvalue weighted by atomic mass is 16.4. The van der Waals surface area contributed by atoms with Crippen LogP contribution in [0.2, 0.25) is 0 Å². The molecule has 13 nitrogen and oxygen atoms in total. The third-order valence-corrected chi connectivity index (χ3v) is 4.21. The number of aliphatic carboxylic acids is 5. The summed E-state index contributed by atoms with van der Waals surface area (Å²) in [6.07, 6.45) is 0.393. The van der Waals surface area contributed by atoms with Gasteiger partial charge in [0, 0.05) is 25.7 Å². The van der Waals surface area contributed by atoms with Crippen LogP contribution in [0.3, 0.4) is 0 Å². The summed E-state index contributed by atoms with van der Waals surface area (Å²) in [6, 6.07) is -0.598. The monoisotopic (exact) mass is 449 g/mol. The lowest BCUT2D eigenvalue weighted by molar-refractivity contribution is -0.144. The molecule has 0 amide bonds. The molecule has 0 saturated carbocycles. The van der Waals surface area contributed by atoms with Gasteiger partial charge in [0.2, 0.25) is 0 Å². The summed E-state index contributed by atoms with van der Waals surface area (Å²) in [5, 5.41) is 45.4. The Balaban J connectivity index is 5.52. The first-order chi connectivity index (χ1) is 14.3. The number of carboxylic acid groups (broad SMARTS) is 5. The Bertz CT molecular complexity index is 608. The predicted octanol–water partition coefficient (Wildman–Crippen LogP) is -1.27. The Morgan fingerprint density at radius 1 is 0.613 bits per heavy atom. The summed E-state index contributed by atoms with van der Waals surface area (Å²) >= 11 is 0. The van der Waals surface area contributed by atoms with E-state index in [2.05, 4.69) is 0 Å². The first kappa shape index (κ1) is 28.2. The first-order valence-corrected chi connectivity index (χ1v) is 9.57. The molecule has 0 aliphatic carbocycles. The van der Waals surface area contributed by atoms with Crippen LogP contribution in [-0.2, 0) is 24.0 Å². The molecular weight excluding hydrogens is 418 g/mol. The summed E-state index contributed by atoms with van der Waals surface area (Å²) in [5.74, 6) is -6.06. The molecule has 0 aliphatic heterocycles. The molecule has 0 aromatic rings. The van der Waals surface area contributed by atoms with E-state index in [1.54, 1.807) is 0 Å². The minimum Gasteiger partial charge on any atom is -0.480 e. The maximum atomic E-state index is 11.3. The van der Waals surface area contributed by atoms with Crippen molar-refractivity contribution in [2.75, 3.05) is 52.4 Å². The van der Waals surface area contributed by atoms with Crippen molar-refractivity contribution in [3.63, 3.8) is 0 Å². The topological polar surface area (TPSA) is 196 Å². The molecule has 0 spiro atoms. The third-order valence-electron chi connectivity index (χ3n) is 4.21. The fraction of sp³-hybridized carbons (Fsp3) is 0.722. The Hall–Kier alpha value is -2.77. The lowest BCUT2D eigenvalue weighted by Crippen LogP contribution is -2.51. The zero-order chi connectivity index (χ0) is 24.1. The molecule has 0 heterocycles. The van der Waals surface area contributed by atoms with Gasteiger partial charge in [0.05, 0.1) is 32.7 Å². The second kappa shape index (κ2) is 14.3. The third kappa shape index (κ3) is 14.8. The molecule has 0 aliphatic rings. The van der Waals surface area contributed by atoms with Gasteiger partial charge >= 0.3 is 29.8 Å². The highest BCUT2D eigenvalue weighted by Gasteiger charge is 2.27. The summed E-state index contributed by atoms with van der Waals surface area (Å²) in [6.45, 7) is 1.01. The van der Waals surface area contributed by atoms with E-state index in [-0.39, 0.29) is 25.6 Å². The molecule has 0 saturated heterocycles. The van der Waals surface area contributed by atoms with Gasteiger partial charge in [0.25, 0.3) is 0 Å². The van der Waals surface area contributed by atoms with Crippen molar-refractivity contribution >= 4 is 29.8 Å². The Morgan fingerprint density at radius 2 is 0.968 bits per heavy atom. The average Bonchev–Trinajstić information content (AvgIpc) is 2.55. The molecule has 5 N–H and O–H groups in total. The van der Waals surface area contributed by atoms with Gasteiger partial charge in [-0.25, -0.2) is 0 Å². The fourth-order valence-corrected chi connectivity index (χ4v) is 3.15. The SMILES string of the molecule is CC(C)C[C@@H](CN(CCN(CC(=O)O)CC(=O)O)CC(=O)O)N(CC(=O)O)CC(=O)O. The molecule has 0 bridgehead atoms. The van der Waals surface area contributed by atoms with Crippen molar-refractivity contribution in [2.45, 2.75) is 26.3 Å². The number of hydrogen-bond donors (Lipinski definition) is 5. The van der Waals surface area contributed by atoms with E-state index in [0.29, 0.717) is 6.42 Å². The molecule has 0 unspecified atom stereocenters. The number of hydrogen-bond acceptors (Lipinski definition) is 8. The minimum absolute atomic E-state index is 0.00453. The Labute approximate surface area is 179 Å². The molecule has 31 heavy (non-hydrogen) atoms. The van der Waals surface area contributed by atoms with E-state index in [1.807, 2.05) is 13.8 Å². The summed E-state index contributed by atoms with van der Waals surface area (Å²) < 4.78 is 0. The van der Waals surface area contributed by atoms with E-state index in [4.69, 9.17) is 20.4 Å². The minimum atomic E-state index is -1.24. The van der Waals surface area contributed by atoms with E-state index >= 15 is 0 Å². The van der Waals surface area contributed by atoms with Crippen molar-refractivity contribution in [1.29, 1.82) is 0 Å². The standard InChI is InChI=1S/C18H31N3O10/c1-12(2)5-13(21(10-17(28)29)11-18(30)31)6-19(7-14(22)23)3-4-20(8-15(24)25)9-16(26)27/h12-13H,3-11H2,1-2H3,(H,22,23)(H,24,25)(H,26,27)(H,28,29)(H,30,31)/t13-/m0/s1. The van der Waals surface area contributed by atoms with Crippen LogP contribution in [0.15, 0.2) is 0 Å². The van der Waals surface area contributed by atoms with E-state index < -0.39 is 68.6 Å². The zero-order valence-electron chi connectivity index (χ0n) is 17.6. The quantitative estimate of drug-likeness (QED) is 0.166. The van der Waals surface area contributed by atoms with Crippen molar-refractivity contribution in [3.05, 3.63) is 0 Å². The van der Waals surface area contributed by atoms with E-state index in [1.165, 1.54) is 9.80 Å². The van der Waals surface area contributed by atoms with Crippen LogP contribution < -0.4 is 0 Å². The summed E-state index contributed by atoms with van der Waals surface area (Å²) in [5.41, 5.74) is 0. The molecule has 0 aromatic heterocycles. The number of rotatable bonds is 18. The summed E-state index contributed by atoms with van der Waals surface area (Å²) in [4.78, 5) is 59.4. The summed E-state index contributed by atoms with van der Waals surface area (Å²) in [7, 11) is 0. The van der Waals surface area contributed by atoms with Gasteiger partial charge in [0.1, 0.15) is 0 Å². The highest BCUT2D eigenvalue weighted by molar-refractivity contribution is 5.73. The normalized spacial score (nSPS) is 12.5. The molecule has 0 radical (unpaired) electrons. The van der Waals surface area contributed by atoms with Crippen molar-refractivity contribution in [1.82, 2.24) is 14.7 Å². The van der Waals surface area contributed by atoms with Crippen molar-refractivity contribution in [3.8, 4) is 0 Å². The van der Waals surface area contributed by atoms with Crippen LogP contribution in [0.1, 0.15) is 20.3 Å². The highest BCUT2D eigenvalue weighted by Crippen LogP contribution is 2.14. The molecular formula is C18H31N3O10. The molecule has 1 atom stereocenters. The number of nitrogens with zero attached hydrogens (tertiary/aromatic N) is 3. The van der Waals surface area contributed by atoms with Crippen molar-refractivity contribution < 1.29 is 49.5 Å². The van der Waals surface area contributed by atoms with Crippen LogP contribution in [0.4, 0.5) is 0 Å². The lowest BCUT2D eigenvalue weighted by Gasteiger charge is -2.35. The first-order valence-electron chi connectivity index (χ1n) is 9.57. The maximum absolute atomic E-state index is 11.3. The smallest absolute Gasteiger partial charge is 0.317 e. The van der Waals surface area contributed by atoms with Crippen LogP contribution in [0.5, 0.6) is 0 Å². The van der Waals surface area contributed by atoms with Gasteiger partial charge in [0.15, 0.2) is 0 Å². The Morgan fingerprint density at radius 3 is 1.32 bits per heavy atom. The molecule has 178 valence electrons. The Kier molecular flexibility index (Phi) is 13.0. The van der Waals surface area contributed by atoms with Gasteiger partial charge in [-0.3, -0.25) is 38.7 Å². The van der Waals surface area contributed by atoms with Crippen molar-refractivity contribution in [2.24, 2.45) is 5.92 Å². The predicted molar refractivity (Wildman–Crippen MR) is 106 cm³/mol. The van der Waals surface area contributed by atoms with Gasteiger partial charge in [-0.1, -0.05) is 13.8 Å². The number of carbonyl (C=O) groups is 5. The molecule has 0 aromatic carbocycles. The molecule has 13 heteroatoms. The largest absolute Gasteiger partial charge is 0.480 e. The van der Waals surface area contributed by atoms with Crippen LogP contribution in [0.25, 0.3) is 0 Å². The van der Waals surface area contributed by atoms with Gasteiger partial charge in [-0.15, -0.1) is 0 Å². The average molecular weight is 449 g/mol. The lowest BCUT2D eigenvalue weighted by atomic mass is 10.0. The number of carboxylic acids is 5. The maximum Gasteiger partial charge on any atom is 0.317 e.